The topological polar surface area (TPSA) is 55.8 Å². The van der Waals surface area contributed by atoms with E-state index < -0.39 is 5.97 Å². The average Bonchev–Trinajstić information content (AvgIpc) is 2.91. The minimum atomic E-state index is -0.751. The Morgan fingerprint density at radius 3 is 2.61 bits per heavy atom. The summed E-state index contributed by atoms with van der Waals surface area (Å²) >= 11 is 0. The van der Waals surface area contributed by atoms with Gasteiger partial charge >= 0.3 is 5.97 Å². The van der Waals surface area contributed by atoms with Crippen LogP contribution in [0.1, 0.15) is 36.0 Å². The van der Waals surface area contributed by atoms with E-state index in [9.17, 15) is 4.79 Å². The Labute approximate surface area is 106 Å². The van der Waals surface area contributed by atoms with E-state index >= 15 is 0 Å². The van der Waals surface area contributed by atoms with Crippen molar-refractivity contribution in [2.45, 2.75) is 38.5 Å². The predicted molar refractivity (Wildman–Crippen MR) is 65.2 cm³/mol. The van der Waals surface area contributed by atoms with E-state index in [1.807, 2.05) is 13.8 Å². The highest BCUT2D eigenvalue weighted by atomic mass is 16.7. The standard InChI is InChI=1S/C14H16O4/c1-8-5-10(14(3-4-14)6-11(15)16)13-12(9(8)2)17-7-18-13/h5H,3-4,6-7H2,1-2H3,(H,15,16). The van der Waals surface area contributed by atoms with Crippen LogP contribution in [0, 0.1) is 13.8 Å². The molecule has 1 aromatic carbocycles. The molecule has 96 valence electrons. The summed E-state index contributed by atoms with van der Waals surface area (Å²) in [5, 5.41) is 9.05. The van der Waals surface area contributed by atoms with Crippen molar-refractivity contribution in [1.29, 1.82) is 0 Å². The Bertz CT molecular complexity index is 529. The molecular formula is C14H16O4. The van der Waals surface area contributed by atoms with Gasteiger partial charge in [-0.05, 0) is 37.8 Å². The molecule has 0 unspecified atom stereocenters. The summed E-state index contributed by atoms with van der Waals surface area (Å²) in [6.45, 7) is 4.26. The number of rotatable bonds is 3. The number of aliphatic carboxylic acids is 1. The molecule has 1 heterocycles. The minimum absolute atomic E-state index is 0.172. The van der Waals surface area contributed by atoms with E-state index in [2.05, 4.69) is 6.07 Å². The number of fused-ring (bicyclic) bond motifs is 1. The molecular weight excluding hydrogens is 232 g/mol. The van der Waals surface area contributed by atoms with Crippen molar-refractivity contribution in [3.8, 4) is 11.5 Å². The minimum Gasteiger partial charge on any atom is -0.481 e. The van der Waals surface area contributed by atoms with Crippen molar-refractivity contribution < 1.29 is 19.4 Å². The number of carbonyl (C=O) groups is 1. The molecule has 0 saturated heterocycles. The lowest BCUT2D eigenvalue weighted by Crippen LogP contribution is -2.14. The molecule has 1 aromatic rings. The van der Waals surface area contributed by atoms with Crippen molar-refractivity contribution in [2.75, 3.05) is 6.79 Å². The summed E-state index contributed by atoms with van der Waals surface area (Å²) in [4.78, 5) is 11.0. The maximum absolute atomic E-state index is 11.0. The molecule has 4 nitrogen and oxygen atoms in total. The highest BCUT2D eigenvalue weighted by Gasteiger charge is 2.49. The first kappa shape index (κ1) is 11.4. The molecule has 1 aliphatic heterocycles. The monoisotopic (exact) mass is 248 g/mol. The van der Waals surface area contributed by atoms with Crippen LogP contribution in [0.4, 0.5) is 0 Å². The quantitative estimate of drug-likeness (QED) is 0.893. The molecule has 1 saturated carbocycles. The summed E-state index contributed by atoms with van der Waals surface area (Å²) in [7, 11) is 0. The fourth-order valence-electron chi connectivity index (χ4n) is 2.70. The number of ether oxygens (including phenoxy) is 2. The van der Waals surface area contributed by atoms with E-state index in [0.717, 1.165) is 41.0 Å². The van der Waals surface area contributed by atoms with E-state index in [-0.39, 0.29) is 18.6 Å². The van der Waals surface area contributed by atoms with Crippen LogP contribution < -0.4 is 9.47 Å². The Morgan fingerprint density at radius 2 is 2.00 bits per heavy atom. The number of carboxylic acid groups (broad SMARTS) is 1. The summed E-state index contributed by atoms with van der Waals surface area (Å²) in [6.07, 6.45) is 2.00. The number of hydrogen-bond acceptors (Lipinski definition) is 3. The number of benzene rings is 1. The first-order valence-corrected chi connectivity index (χ1v) is 6.15. The van der Waals surface area contributed by atoms with Gasteiger partial charge in [0.15, 0.2) is 11.5 Å². The van der Waals surface area contributed by atoms with Gasteiger partial charge in [-0.1, -0.05) is 6.07 Å². The van der Waals surface area contributed by atoms with Crippen LogP contribution in [-0.4, -0.2) is 17.9 Å². The Morgan fingerprint density at radius 1 is 1.33 bits per heavy atom. The third kappa shape index (κ3) is 1.55. The summed E-state index contributed by atoms with van der Waals surface area (Å²) < 4.78 is 11.1. The lowest BCUT2D eigenvalue weighted by atomic mass is 9.88. The molecule has 4 heteroatoms. The van der Waals surface area contributed by atoms with Crippen LogP contribution in [0.15, 0.2) is 6.07 Å². The van der Waals surface area contributed by atoms with Crippen molar-refractivity contribution >= 4 is 5.97 Å². The van der Waals surface area contributed by atoms with Gasteiger partial charge in [-0.3, -0.25) is 4.79 Å². The molecule has 0 amide bonds. The van der Waals surface area contributed by atoms with Crippen LogP contribution in [0.5, 0.6) is 11.5 Å². The van der Waals surface area contributed by atoms with Crippen molar-refractivity contribution in [2.24, 2.45) is 0 Å². The predicted octanol–water partition coefficient (Wildman–Crippen LogP) is 2.54. The first-order chi connectivity index (χ1) is 8.53. The zero-order chi connectivity index (χ0) is 12.9. The Kier molecular flexibility index (Phi) is 2.30. The third-order valence-electron chi connectivity index (χ3n) is 4.06. The van der Waals surface area contributed by atoms with Crippen LogP contribution in [0.2, 0.25) is 0 Å². The maximum atomic E-state index is 11.0. The second-order valence-corrected chi connectivity index (χ2v) is 5.28. The van der Waals surface area contributed by atoms with Gasteiger partial charge in [-0.25, -0.2) is 0 Å². The van der Waals surface area contributed by atoms with Gasteiger partial charge in [0, 0.05) is 11.0 Å². The lowest BCUT2D eigenvalue weighted by Gasteiger charge is -2.17. The average molecular weight is 248 g/mol. The molecule has 0 atom stereocenters. The normalized spacial score (nSPS) is 18.8. The van der Waals surface area contributed by atoms with Gasteiger partial charge in [-0.2, -0.15) is 0 Å². The second-order valence-electron chi connectivity index (χ2n) is 5.28. The van der Waals surface area contributed by atoms with E-state index in [4.69, 9.17) is 14.6 Å². The third-order valence-corrected chi connectivity index (χ3v) is 4.06. The SMILES string of the molecule is Cc1cc(C2(CC(=O)O)CC2)c2c(c1C)OCO2. The molecule has 0 radical (unpaired) electrons. The number of aryl methyl sites for hydroxylation is 1. The smallest absolute Gasteiger partial charge is 0.304 e. The Hall–Kier alpha value is -1.71. The second kappa shape index (κ2) is 3.64. The summed E-state index contributed by atoms with van der Waals surface area (Å²) in [6, 6.07) is 2.07. The number of carboxylic acids is 1. The van der Waals surface area contributed by atoms with Crippen molar-refractivity contribution in [3.63, 3.8) is 0 Å². The van der Waals surface area contributed by atoms with Crippen molar-refractivity contribution in [1.82, 2.24) is 0 Å². The van der Waals surface area contributed by atoms with E-state index in [0.29, 0.717) is 0 Å². The van der Waals surface area contributed by atoms with Crippen LogP contribution in [0.3, 0.4) is 0 Å². The lowest BCUT2D eigenvalue weighted by molar-refractivity contribution is -0.137. The Balaban J connectivity index is 2.11. The highest BCUT2D eigenvalue weighted by molar-refractivity contribution is 5.71. The molecule has 0 spiro atoms. The van der Waals surface area contributed by atoms with Crippen molar-refractivity contribution in [3.05, 3.63) is 22.8 Å². The number of hydrogen-bond donors (Lipinski definition) is 1. The highest BCUT2D eigenvalue weighted by Crippen LogP contribution is 2.57. The van der Waals surface area contributed by atoms with Crippen LogP contribution in [-0.2, 0) is 10.2 Å². The maximum Gasteiger partial charge on any atom is 0.304 e. The molecule has 1 fully saturated rings. The van der Waals surface area contributed by atoms with E-state index in [1.165, 1.54) is 0 Å². The molecule has 18 heavy (non-hydrogen) atoms. The zero-order valence-corrected chi connectivity index (χ0v) is 10.6. The van der Waals surface area contributed by atoms with Gasteiger partial charge in [-0.15, -0.1) is 0 Å². The van der Waals surface area contributed by atoms with Crippen LogP contribution in [0.25, 0.3) is 0 Å². The van der Waals surface area contributed by atoms with Gasteiger partial charge in [0.2, 0.25) is 6.79 Å². The molecule has 0 aromatic heterocycles. The first-order valence-electron chi connectivity index (χ1n) is 6.15. The largest absolute Gasteiger partial charge is 0.481 e. The summed E-state index contributed by atoms with van der Waals surface area (Å²) in [5.41, 5.74) is 2.99. The fraction of sp³-hybridized carbons (Fsp3) is 0.500. The molecule has 3 rings (SSSR count). The molecule has 1 N–H and O–H groups in total. The van der Waals surface area contributed by atoms with Gasteiger partial charge in [0.1, 0.15) is 0 Å². The van der Waals surface area contributed by atoms with E-state index in [1.54, 1.807) is 0 Å². The van der Waals surface area contributed by atoms with Gasteiger partial charge < -0.3 is 14.6 Å². The molecule has 2 aliphatic rings. The molecule has 0 bridgehead atoms. The summed E-state index contributed by atoms with van der Waals surface area (Å²) in [5.74, 6) is 0.803. The van der Waals surface area contributed by atoms with Gasteiger partial charge in [0.25, 0.3) is 0 Å². The zero-order valence-electron chi connectivity index (χ0n) is 10.6. The fourth-order valence-corrected chi connectivity index (χ4v) is 2.70. The van der Waals surface area contributed by atoms with Crippen LogP contribution >= 0.6 is 0 Å². The molecule has 1 aliphatic carbocycles. The van der Waals surface area contributed by atoms with Gasteiger partial charge in [0.05, 0.1) is 6.42 Å².